The average molecular weight is 460 g/mol. The summed E-state index contributed by atoms with van der Waals surface area (Å²) in [4.78, 5) is 46.2. The van der Waals surface area contributed by atoms with Gasteiger partial charge in [-0.3, -0.25) is 9.59 Å². The lowest BCUT2D eigenvalue weighted by molar-refractivity contribution is 0.0928. The molecule has 3 aromatic rings. The van der Waals surface area contributed by atoms with E-state index in [1.165, 1.54) is 11.1 Å². The monoisotopic (exact) mass is 460 g/mol. The molecular formula is C24H24N6O4. The predicted octanol–water partition coefficient (Wildman–Crippen LogP) is 2.14. The van der Waals surface area contributed by atoms with E-state index >= 15 is 0 Å². The van der Waals surface area contributed by atoms with Gasteiger partial charge in [0, 0.05) is 36.8 Å². The minimum atomic E-state index is -1.02. The Morgan fingerprint density at radius 2 is 1.88 bits per heavy atom. The van der Waals surface area contributed by atoms with Gasteiger partial charge in [0.25, 0.3) is 11.8 Å². The minimum absolute atomic E-state index is 0.0360. The molecule has 1 fully saturated rings. The molecule has 4 rings (SSSR count). The number of nitrogens with two attached hydrogens (primary N) is 1. The number of rotatable bonds is 6. The summed E-state index contributed by atoms with van der Waals surface area (Å²) in [5, 5.41) is 14.7. The van der Waals surface area contributed by atoms with Crippen molar-refractivity contribution < 1.29 is 19.5 Å². The Morgan fingerprint density at radius 1 is 1.09 bits per heavy atom. The number of carbonyl (C=O) groups is 3. The maximum Gasteiger partial charge on any atom is 0.407 e. The van der Waals surface area contributed by atoms with Crippen LogP contribution in [-0.2, 0) is 6.54 Å². The summed E-state index contributed by atoms with van der Waals surface area (Å²) in [5.74, 6) is -0.803. The smallest absolute Gasteiger partial charge is 0.407 e. The molecule has 2 heterocycles. The van der Waals surface area contributed by atoms with Crippen molar-refractivity contribution in [3.8, 4) is 11.3 Å². The Balaban J connectivity index is 1.47. The highest BCUT2D eigenvalue weighted by Crippen LogP contribution is 2.20. The molecule has 1 atom stereocenters. The summed E-state index contributed by atoms with van der Waals surface area (Å²) in [6, 6.07) is 16.1. The van der Waals surface area contributed by atoms with Crippen LogP contribution in [0.15, 0.2) is 60.8 Å². The second kappa shape index (κ2) is 9.99. The number of hydrogen-bond acceptors (Lipinski definition) is 6. The molecule has 0 bridgehead atoms. The Bertz CT molecular complexity index is 1220. The standard InChI is InChI=1S/C24H24N6O4/c25-21-20(23(32)28-18-9-10-30(14-18)24(33)34)29-19(13-26-21)16-7-4-8-17(11-16)22(31)27-12-15-5-2-1-3-6-15/h1-8,11,13,18H,9-10,12,14H2,(H2,25,26)(H,27,31)(H,28,32)(H,33,34). The summed E-state index contributed by atoms with van der Waals surface area (Å²) < 4.78 is 0. The largest absolute Gasteiger partial charge is 0.465 e. The maximum absolute atomic E-state index is 12.8. The van der Waals surface area contributed by atoms with E-state index < -0.39 is 12.0 Å². The Morgan fingerprint density at radius 3 is 2.62 bits per heavy atom. The predicted molar refractivity (Wildman–Crippen MR) is 125 cm³/mol. The first-order valence-corrected chi connectivity index (χ1v) is 10.7. The highest BCUT2D eigenvalue weighted by molar-refractivity contribution is 5.97. The normalized spacial score (nSPS) is 15.1. The van der Waals surface area contributed by atoms with E-state index in [1.807, 2.05) is 30.3 Å². The first kappa shape index (κ1) is 22.7. The molecule has 174 valence electrons. The number of nitrogens with zero attached hydrogens (tertiary/aromatic N) is 3. The third kappa shape index (κ3) is 5.29. The molecule has 1 aromatic heterocycles. The van der Waals surface area contributed by atoms with Crippen molar-refractivity contribution in [2.75, 3.05) is 18.8 Å². The molecule has 0 aliphatic carbocycles. The average Bonchev–Trinajstić information content (AvgIpc) is 3.32. The quantitative estimate of drug-likeness (QED) is 0.440. The van der Waals surface area contributed by atoms with E-state index in [0.717, 1.165) is 5.56 Å². The van der Waals surface area contributed by atoms with Gasteiger partial charge in [0.2, 0.25) is 0 Å². The van der Waals surface area contributed by atoms with E-state index in [-0.39, 0.29) is 30.0 Å². The van der Waals surface area contributed by atoms with Crippen molar-refractivity contribution >= 4 is 23.7 Å². The third-order valence-electron chi connectivity index (χ3n) is 5.53. The number of amides is 3. The lowest BCUT2D eigenvalue weighted by Gasteiger charge is -2.14. The Hall–Kier alpha value is -4.47. The Labute approximate surface area is 195 Å². The number of nitrogens with one attached hydrogen (secondary N) is 2. The molecule has 0 saturated carbocycles. The molecular weight excluding hydrogens is 436 g/mol. The molecule has 1 unspecified atom stereocenters. The summed E-state index contributed by atoms with van der Waals surface area (Å²) in [6.07, 6.45) is 0.922. The van der Waals surface area contributed by atoms with Crippen molar-refractivity contribution in [2.24, 2.45) is 0 Å². The van der Waals surface area contributed by atoms with Gasteiger partial charge in [-0.1, -0.05) is 42.5 Å². The lowest BCUT2D eigenvalue weighted by Crippen LogP contribution is -2.38. The maximum atomic E-state index is 12.8. The van der Waals surface area contributed by atoms with Crippen LogP contribution in [0.4, 0.5) is 10.6 Å². The molecule has 1 saturated heterocycles. The summed E-state index contributed by atoms with van der Waals surface area (Å²) >= 11 is 0. The van der Waals surface area contributed by atoms with E-state index in [1.54, 1.807) is 24.3 Å². The van der Waals surface area contributed by atoms with Gasteiger partial charge in [0.15, 0.2) is 11.5 Å². The summed E-state index contributed by atoms with van der Waals surface area (Å²) in [5.41, 5.74) is 8.25. The fourth-order valence-electron chi connectivity index (χ4n) is 3.71. The van der Waals surface area contributed by atoms with Crippen LogP contribution in [0.3, 0.4) is 0 Å². The number of anilines is 1. The van der Waals surface area contributed by atoms with Gasteiger partial charge in [-0.05, 0) is 24.1 Å². The molecule has 1 aliphatic heterocycles. The summed E-state index contributed by atoms with van der Waals surface area (Å²) in [7, 11) is 0. The summed E-state index contributed by atoms with van der Waals surface area (Å²) in [6.45, 7) is 0.950. The third-order valence-corrected chi connectivity index (χ3v) is 5.53. The number of nitrogen functional groups attached to an aromatic ring is 1. The molecule has 34 heavy (non-hydrogen) atoms. The number of likely N-dealkylation sites (tertiary alicyclic amines) is 1. The highest BCUT2D eigenvalue weighted by atomic mass is 16.4. The van der Waals surface area contributed by atoms with Crippen LogP contribution in [-0.4, -0.2) is 57.0 Å². The molecule has 3 amide bonds. The van der Waals surface area contributed by atoms with E-state index in [4.69, 9.17) is 10.8 Å². The topological polar surface area (TPSA) is 151 Å². The van der Waals surface area contributed by atoms with Crippen LogP contribution >= 0.6 is 0 Å². The number of aromatic nitrogens is 2. The van der Waals surface area contributed by atoms with Crippen molar-refractivity contribution in [1.29, 1.82) is 0 Å². The van der Waals surface area contributed by atoms with E-state index in [2.05, 4.69) is 20.6 Å². The molecule has 5 N–H and O–H groups in total. The Kier molecular flexibility index (Phi) is 6.67. The van der Waals surface area contributed by atoms with Crippen molar-refractivity contribution in [2.45, 2.75) is 19.0 Å². The zero-order chi connectivity index (χ0) is 24.1. The van der Waals surface area contributed by atoms with Crippen LogP contribution in [0.2, 0.25) is 0 Å². The first-order chi connectivity index (χ1) is 16.4. The zero-order valence-corrected chi connectivity index (χ0v) is 18.3. The minimum Gasteiger partial charge on any atom is -0.465 e. The van der Waals surface area contributed by atoms with Crippen molar-refractivity contribution in [3.05, 3.63) is 77.6 Å². The number of carbonyl (C=O) groups excluding carboxylic acids is 2. The lowest BCUT2D eigenvalue weighted by atomic mass is 10.1. The van der Waals surface area contributed by atoms with Gasteiger partial charge in [-0.15, -0.1) is 0 Å². The van der Waals surface area contributed by atoms with Gasteiger partial charge in [0.1, 0.15) is 0 Å². The SMILES string of the molecule is Nc1ncc(-c2cccc(C(=O)NCc3ccccc3)c2)nc1C(=O)NC1CCN(C(=O)O)C1. The molecule has 0 spiro atoms. The van der Waals surface area contributed by atoms with Crippen LogP contribution in [0.5, 0.6) is 0 Å². The second-order valence-electron chi connectivity index (χ2n) is 7.93. The van der Waals surface area contributed by atoms with Crippen LogP contribution < -0.4 is 16.4 Å². The molecule has 0 radical (unpaired) electrons. The van der Waals surface area contributed by atoms with E-state index in [0.29, 0.717) is 36.3 Å². The first-order valence-electron chi connectivity index (χ1n) is 10.7. The van der Waals surface area contributed by atoms with Crippen molar-refractivity contribution in [1.82, 2.24) is 25.5 Å². The van der Waals surface area contributed by atoms with Crippen LogP contribution in [0, 0.1) is 0 Å². The molecule has 2 aromatic carbocycles. The van der Waals surface area contributed by atoms with Gasteiger partial charge < -0.3 is 26.4 Å². The number of hydrogen-bond donors (Lipinski definition) is 4. The highest BCUT2D eigenvalue weighted by Gasteiger charge is 2.28. The van der Waals surface area contributed by atoms with Gasteiger partial charge in [-0.2, -0.15) is 0 Å². The van der Waals surface area contributed by atoms with E-state index in [9.17, 15) is 14.4 Å². The number of carboxylic acid groups (broad SMARTS) is 1. The fraction of sp³-hybridized carbons (Fsp3) is 0.208. The van der Waals surface area contributed by atoms with Crippen LogP contribution in [0.1, 0.15) is 32.8 Å². The zero-order valence-electron chi connectivity index (χ0n) is 18.3. The van der Waals surface area contributed by atoms with Gasteiger partial charge in [0.05, 0.1) is 11.9 Å². The second-order valence-corrected chi connectivity index (χ2v) is 7.93. The molecule has 1 aliphatic rings. The molecule has 10 heteroatoms. The van der Waals surface area contributed by atoms with Gasteiger partial charge in [-0.25, -0.2) is 14.8 Å². The van der Waals surface area contributed by atoms with Crippen molar-refractivity contribution in [3.63, 3.8) is 0 Å². The van der Waals surface area contributed by atoms with Crippen LogP contribution in [0.25, 0.3) is 11.3 Å². The van der Waals surface area contributed by atoms with Gasteiger partial charge >= 0.3 is 6.09 Å². The number of benzene rings is 2. The molecule has 10 nitrogen and oxygen atoms in total. The fourth-order valence-corrected chi connectivity index (χ4v) is 3.71.